The molecule has 0 bridgehead atoms. The van der Waals surface area contributed by atoms with Gasteiger partial charge >= 0.3 is 0 Å². The van der Waals surface area contributed by atoms with E-state index in [2.05, 4.69) is 16.0 Å². The molecule has 0 unspecified atom stereocenters. The number of fused-ring (bicyclic) bond motifs is 1. The molecule has 5 heteroatoms. The average Bonchev–Trinajstić information content (AvgIpc) is 2.87. The third-order valence-electron chi connectivity index (χ3n) is 2.98. The molecule has 0 saturated heterocycles. The zero-order chi connectivity index (χ0) is 13.9. The van der Waals surface area contributed by atoms with E-state index in [0.29, 0.717) is 5.02 Å². The lowest BCUT2D eigenvalue weighted by atomic mass is 10.2. The summed E-state index contributed by atoms with van der Waals surface area (Å²) in [5, 5.41) is 1.59. The van der Waals surface area contributed by atoms with E-state index in [0.717, 1.165) is 33.3 Å². The third-order valence-corrected chi connectivity index (χ3v) is 4.14. The van der Waals surface area contributed by atoms with Gasteiger partial charge in [-0.25, -0.2) is 4.98 Å². The Morgan fingerprint density at radius 3 is 2.95 bits per heavy atom. The Bertz CT molecular complexity index is 742. The Morgan fingerprint density at radius 1 is 1.25 bits per heavy atom. The topological polar surface area (TPSA) is 37.9 Å². The molecule has 0 radical (unpaired) electrons. The summed E-state index contributed by atoms with van der Waals surface area (Å²) in [7, 11) is 1.69. The molecule has 0 atom stereocenters. The molecule has 1 heterocycles. The van der Waals surface area contributed by atoms with Crippen LogP contribution in [-0.2, 0) is 5.75 Å². The van der Waals surface area contributed by atoms with E-state index in [1.807, 2.05) is 36.4 Å². The van der Waals surface area contributed by atoms with Gasteiger partial charge in [0.25, 0.3) is 0 Å². The number of ether oxygens (including phenoxy) is 1. The van der Waals surface area contributed by atoms with Gasteiger partial charge in [-0.15, -0.1) is 0 Å². The number of aromatic nitrogens is 2. The van der Waals surface area contributed by atoms with Gasteiger partial charge in [-0.05, 0) is 24.3 Å². The van der Waals surface area contributed by atoms with Crippen LogP contribution in [0.4, 0.5) is 0 Å². The van der Waals surface area contributed by atoms with Crippen molar-refractivity contribution in [2.75, 3.05) is 7.11 Å². The quantitative estimate of drug-likeness (QED) is 0.720. The minimum Gasteiger partial charge on any atom is -0.496 e. The molecular formula is C15H13ClN2OS. The van der Waals surface area contributed by atoms with Gasteiger partial charge in [0.15, 0.2) is 5.16 Å². The molecule has 102 valence electrons. The number of benzene rings is 2. The normalized spacial score (nSPS) is 10.9. The van der Waals surface area contributed by atoms with Gasteiger partial charge in [0.05, 0.1) is 18.1 Å². The number of methoxy groups -OCH3 is 1. The molecule has 1 N–H and O–H groups in total. The van der Waals surface area contributed by atoms with Crippen molar-refractivity contribution < 1.29 is 4.74 Å². The van der Waals surface area contributed by atoms with Crippen LogP contribution in [0, 0.1) is 0 Å². The predicted molar refractivity (Wildman–Crippen MR) is 83.7 cm³/mol. The fourth-order valence-corrected chi connectivity index (χ4v) is 3.04. The van der Waals surface area contributed by atoms with Crippen molar-refractivity contribution in [1.82, 2.24) is 9.97 Å². The first-order valence-corrected chi connectivity index (χ1v) is 7.52. The summed E-state index contributed by atoms with van der Waals surface area (Å²) < 4.78 is 5.35. The highest BCUT2D eigenvalue weighted by atomic mass is 35.5. The Kier molecular flexibility index (Phi) is 3.85. The first-order chi connectivity index (χ1) is 9.76. The maximum absolute atomic E-state index is 5.97. The van der Waals surface area contributed by atoms with E-state index in [4.69, 9.17) is 16.3 Å². The lowest BCUT2D eigenvalue weighted by Gasteiger charge is -2.06. The van der Waals surface area contributed by atoms with Gasteiger partial charge in [-0.3, -0.25) is 0 Å². The molecule has 0 saturated carbocycles. The first-order valence-electron chi connectivity index (χ1n) is 6.16. The van der Waals surface area contributed by atoms with E-state index in [1.54, 1.807) is 18.9 Å². The summed E-state index contributed by atoms with van der Waals surface area (Å²) >= 11 is 7.61. The maximum atomic E-state index is 5.97. The van der Waals surface area contributed by atoms with Crippen molar-refractivity contribution in [2.45, 2.75) is 10.9 Å². The monoisotopic (exact) mass is 304 g/mol. The summed E-state index contributed by atoms with van der Waals surface area (Å²) in [5.41, 5.74) is 3.04. The number of H-pyrrole nitrogens is 1. The number of aromatic amines is 1. The van der Waals surface area contributed by atoms with Gasteiger partial charge in [-0.1, -0.05) is 41.6 Å². The molecular weight excluding hydrogens is 292 g/mol. The standard InChI is InChI=1S/C15H13ClN2OS/c1-19-14-5-3-2-4-10(14)9-20-15-17-12-7-6-11(16)8-13(12)18-15/h2-8H,9H2,1H3,(H,17,18). The van der Waals surface area contributed by atoms with E-state index < -0.39 is 0 Å². The van der Waals surface area contributed by atoms with Crippen LogP contribution >= 0.6 is 23.4 Å². The summed E-state index contributed by atoms with van der Waals surface area (Å²) in [4.78, 5) is 7.80. The second-order valence-electron chi connectivity index (χ2n) is 4.30. The second-order valence-corrected chi connectivity index (χ2v) is 5.70. The molecule has 3 aromatic rings. The lowest BCUT2D eigenvalue weighted by molar-refractivity contribution is 0.411. The molecule has 0 spiro atoms. The Hall–Kier alpha value is -1.65. The highest BCUT2D eigenvalue weighted by Crippen LogP contribution is 2.28. The number of rotatable bonds is 4. The molecule has 1 aromatic heterocycles. The van der Waals surface area contributed by atoms with Gasteiger partial charge < -0.3 is 9.72 Å². The van der Waals surface area contributed by atoms with Crippen molar-refractivity contribution in [2.24, 2.45) is 0 Å². The Morgan fingerprint density at radius 2 is 2.10 bits per heavy atom. The number of halogens is 1. The van der Waals surface area contributed by atoms with Gasteiger partial charge in [-0.2, -0.15) is 0 Å². The van der Waals surface area contributed by atoms with E-state index in [1.165, 1.54) is 0 Å². The van der Waals surface area contributed by atoms with Crippen molar-refractivity contribution in [3.63, 3.8) is 0 Å². The fraction of sp³-hybridized carbons (Fsp3) is 0.133. The first kappa shape index (κ1) is 13.3. The molecule has 20 heavy (non-hydrogen) atoms. The van der Waals surface area contributed by atoms with Crippen LogP contribution in [0.15, 0.2) is 47.6 Å². The maximum Gasteiger partial charge on any atom is 0.166 e. The van der Waals surface area contributed by atoms with E-state index in [-0.39, 0.29) is 0 Å². The largest absolute Gasteiger partial charge is 0.496 e. The lowest BCUT2D eigenvalue weighted by Crippen LogP contribution is -1.89. The number of para-hydroxylation sites is 1. The minimum atomic E-state index is 0.711. The van der Waals surface area contributed by atoms with Gasteiger partial charge in [0.2, 0.25) is 0 Å². The second kappa shape index (κ2) is 5.77. The summed E-state index contributed by atoms with van der Waals surface area (Å²) in [6, 6.07) is 13.7. The summed E-state index contributed by atoms with van der Waals surface area (Å²) in [6.07, 6.45) is 0. The number of thioether (sulfide) groups is 1. The van der Waals surface area contributed by atoms with Crippen LogP contribution in [0.1, 0.15) is 5.56 Å². The van der Waals surface area contributed by atoms with Crippen LogP contribution in [0.5, 0.6) is 5.75 Å². The molecule has 0 aliphatic rings. The molecule has 0 amide bonds. The number of nitrogens with zero attached hydrogens (tertiary/aromatic N) is 1. The van der Waals surface area contributed by atoms with Crippen LogP contribution < -0.4 is 4.74 Å². The third kappa shape index (κ3) is 2.76. The average molecular weight is 305 g/mol. The Balaban J connectivity index is 1.79. The molecule has 0 aliphatic carbocycles. The van der Waals surface area contributed by atoms with Crippen molar-refractivity contribution in [1.29, 1.82) is 0 Å². The highest BCUT2D eigenvalue weighted by molar-refractivity contribution is 7.98. The molecule has 2 aromatic carbocycles. The smallest absolute Gasteiger partial charge is 0.166 e. The van der Waals surface area contributed by atoms with Crippen LogP contribution in [0.2, 0.25) is 5.02 Å². The van der Waals surface area contributed by atoms with Gasteiger partial charge in [0.1, 0.15) is 5.75 Å². The molecule has 3 nitrogen and oxygen atoms in total. The van der Waals surface area contributed by atoms with Gasteiger partial charge in [0, 0.05) is 16.3 Å². The van der Waals surface area contributed by atoms with Crippen LogP contribution in [0.3, 0.4) is 0 Å². The molecule has 0 fully saturated rings. The van der Waals surface area contributed by atoms with Crippen molar-refractivity contribution >= 4 is 34.4 Å². The Labute approximate surface area is 126 Å². The molecule has 0 aliphatic heterocycles. The van der Waals surface area contributed by atoms with Crippen LogP contribution in [-0.4, -0.2) is 17.1 Å². The highest BCUT2D eigenvalue weighted by Gasteiger charge is 2.06. The zero-order valence-corrected chi connectivity index (χ0v) is 12.5. The number of nitrogens with one attached hydrogen (secondary N) is 1. The molecule has 3 rings (SSSR count). The number of hydrogen-bond donors (Lipinski definition) is 1. The number of imidazole rings is 1. The minimum absolute atomic E-state index is 0.711. The van der Waals surface area contributed by atoms with E-state index >= 15 is 0 Å². The SMILES string of the molecule is COc1ccccc1CSc1nc2ccc(Cl)cc2[nH]1. The van der Waals surface area contributed by atoms with Crippen molar-refractivity contribution in [3.05, 3.63) is 53.1 Å². The summed E-state index contributed by atoms with van der Waals surface area (Å²) in [5.74, 6) is 1.71. The number of hydrogen-bond acceptors (Lipinski definition) is 3. The summed E-state index contributed by atoms with van der Waals surface area (Å²) in [6.45, 7) is 0. The fourth-order valence-electron chi connectivity index (χ4n) is 2.00. The van der Waals surface area contributed by atoms with Crippen LogP contribution in [0.25, 0.3) is 11.0 Å². The zero-order valence-electron chi connectivity index (χ0n) is 10.9. The van der Waals surface area contributed by atoms with Crippen molar-refractivity contribution in [3.8, 4) is 5.75 Å². The van der Waals surface area contributed by atoms with E-state index in [9.17, 15) is 0 Å². The predicted octanol–water partition coefficient (Wildman–Crippen LogP) is 4.52.